The van der Waals surface area contributed by atoms with E-state index in [-0.39, 0.29) is 23.1 Å². The molecule has 1 aliphatic carbocycles. The molecule has 0 heterocycles. The monoisotopic (exact) mass is 309 g/mol. The molecule has 21 heavy (non-hydrogen) atoms. The predicted molar refractivity (Wildman–Crippen MR) is 78.6 cm³/mol. The van der Waals surface area contributed by atoms with Gasteiger partial charge in [-0.2, -0.15) is 0 Å². The third kappa shape index (κ3) is 3.76. The number of rotatable bonds is 5. The summed E-state index contributed by atoms with van der Waals surface area (Å²) in [5.41, 5.74) is 1.09. The molecule has 6 heteroatoms. The number of hydrogen-bond donors (Lipinski definition) is 1. The first-order chi connectivity index (χ1) is 9.99. The Morgan fingerprint density at radius 1 is 1.43 bits per heavy atom. The Hall–Kier alpha value is -2.01. The zero-order valence-corrected chi connectivity index (χ0v) is 12.4. The van der Waals surface area contributed by atoms with Crippen molar-refractivity contribution in [3.05, 3.63) is 40.6 Å². The van der Waals surface area contributed by atoms with E-state index in [1.54, 1.807) is 11.9 Å². The first kappa shape index (κ1) is 15.4. The van der Waals surface area contributed by atoms with Gasteiger partial charge in [0.25, 0.3) is 5.91 Å². The summed E-state index contributed by atoms with van der Waals surface area (Å²) in [5, 5.41) is 9.02. The minimum absolute atomic E-state index is 0.0758. The van der Waals surface area contributed by atoms with Crippen molar-refractivity contribution in [3.63, 3.8) is 0 Å². The van der Waals surface area contributed by atoms with Crippen LogP contribution < -0.4 is 4.74 Å². The molecule has 2 rings (SSSR count). The van der Waals surface area contributed by atoms with E-state index in [1.807, 2.05) is 6.08 Å². The molecule has 1 aromatic rings. The minimum atomic E-state index is -1.06. The van der Waals surface area contributed by atoms with Gasteiger partial charge >= 0.3 is 5.97 Å². The van der Waals surface area contributed by atoms with Crippen LogP contribution in [-0.2, 0) is 4.79 Å². The summed E-state index contributed by atoms with van der Waals surface area (Å²) in [5.74, 6) is -0.933. The van der Waals surface area contributed by atoms with Gasteiger partial charge in [0, 0.05) is 12.7 Å². The van der Waals surface area contributed by atoms with E-state index >= 15 is 0 Å². The Morgan fingerprint density at radius 2 is 2.19 bits per heavy atom. The van der Waals surface area contributed by atoms with E-state index in [1.165, 1.54) is 18.2 Å². The molecule has 0 radical (unpaired) electrons. The summed E-state index contributed by atoms with van der Waals surface area (Å²) >= 11 is 5.94. The van der Waals surface area contributed by atoms with Crippen LogP contribution in [0.1, 0.15) is 29.6 Å². The first-order valence-corrected chi connectivity index (χ1v) is 6.98. The van der Waals surface area contributed by atoms with Crippen molar-refractivity contribution >= 4 is 23.5 Å². The highest BCUT2D eigenvalue weighted by Gasteiger charge is 2.17. The normalized spacial score (nSPS) is 13.7. The van der Waals surface area contributed by atoms with Gasteiger partial charge in [0.2, 0.25) is 0 Å². The summed E-state index contributed by atoms with van der Waals surface area (Å²) in [6, 6.07) is 4.14. The molecule has 0 saturated heterocycles. The Kier molecular flexibility index (Phi) is 4.85. The lowest BCUT2D eigenvalue weighted by atomic mass is 10.2. The second-order valence-electron chi connectivity index (χ2n) is 4.78. The van der Waals surface area contributed by atoms with Crippen molar-refractivity contribution < 1.29 is 19.4 Å². The number of ether oxygens (including phenoxy) is 1. The van der Waals surface area contributed by atoms with Crippen LogP contribution in [0.15, 0.2) is 30.0 Å². The number of carbonyl (C=O) groups is 2. The third-order valence-electron chi connectivity index (χ3n) is 3.35. The Labute approximate surface area is 127 Å². The zero-order chi connectivity index (χ0) is 15.4. The summed E-state index contributed by atoms with van der Waals surface area (Å²) < 4.78 is 5.37. The molecule has 0 atom stereocenters. The number of benzene rings is 1. The standard InChI is InChI=1S/C15H16ClNO4/c1-17(11-4-2-3-5-11)14(18)9-21-13-7-6-10(15(19)20)8-12(13)16/h4,6-8H,2-3,5,9H2,1H3,(H,19,20). The lowest BCUT2D eigenvalue weighted by molar-refractivity contribution is -0.130. The highest BCUT2D eigenvalue weighted by Crippen LogP contribution is 2.26. The number of nitrogens with zero attached hydrogens (tertiary/aromatic N) is 1. The average molecular weight is 310 g/mol. The summed E-state index contributed by atoms with van der Waals surface area (Å²) in [6.45, 7) is -0.139. The van der Waals surface area contributed by atoms with Gasteiger partial charge in [0.05, 0.1) is 10.6 Å². The van der Waals surface area contributed by atoms with E-state index in [4.69, 9.17) is 21.4 Å². The maximum atomic E-state index is 12.0. The van der Waals surface area contributed by atoms with Crippen molar-refractivity contribution in [1.82, 2.24) is 4.90 Å². The number of amides is 1. The lowest BCUT2D eigenvalue weighted by Crippen LogP contribution is -2.30. The largest absolute Gasteiger partial charge is 0.482 e. The van der Waals surface area contributed by atoms with Crippen molar-refractivity contribution in [2.45, 2.75) is 19.3 Å². The molecule has 0 aromatic heterocycles. The number of carboxylic acid groups (broad SMARTS) is 1. The SMILES string of the molecule is CN(C(=O)COc1ccc(C(=O)O)cc1Cl)C1=CCCC1. The highest BCUT2D eigenvalue weighted by molar-refractivity contribution is 6.32. The van der Waals surface area contributed by atoms with Gasteiger partial charge in [-0.3, -0.25) is 4.79 Å². The van der Waals surface area contributed by atoms with E-state index in [9.17, 15) is 9.59 Å². The van der Waals surface area contributed by atoms with Crippen LogP contribution in [0.3, 0.4) is 0 Å². The predicted octanol–water partition coefficient (Wildman–Crippen LogP) is 2.94. The maximum Gasteiger partial charge on any atom is 0.335 e. The maximum absolute atomic E-state index is 12.0. The smallest absolute Gasteiger partial charge is 0.335 e. The molecular weight excluding hydrogens is 294 g/mol. The van der Waals surface area contributed by atoms with Crippen LogP contribution in [0, 0.1) is 0 Å². The molecular formula is C15H16ClNO4. The molecule has 0 saturated carbocycles. The lowest BCUT2D eigenvalue weighted by Gasteiger charge is -2.19. The number of halogens is 1. The molecule has 5 nitrogen and oxygen atoms in total. The molecule has 0 fully saturated rings. The van der Waals surface area contributed by atoms with Gasteiger partial charge < -0.3 is 14.7 Å². The number of carbonyl (C=O) groups excluding carboxylic acids is 1. The van der Waals surface area contributed by atoms with Crippen molar-refractivity contribution in [2.24, 2.45) is 0 Å². The topological polar surface area (TPSA) is 66.8 Å². The van der Waals surface area contributed by atoms with Crippen LogP contribution in [0.25, 0.3) is 0 Å². The molecule has 112 valence electrons. The number of allylic oxidation sites excluding steroid dienone is 2. The summed E-state index contributed by atoms with van der Waals surface area (Å²) in [7, 11) is 1.72. The van der Waals surface area contributed by atoms with Crippen LogP contribution in [0.2, 0.25) is 5.02 Å². The third-order valence-corrected chi connectivity index (χ3v) is 3.65. The Bertz CT molecular complexity index is 597. The van der Waals surface area contributed by atoms with Gasteiger partial charge in [-0.1, -0.05) is 17.7 Å². The van der Waals surface area contributed by atoms with E-state index in [0.29, 0.717) is 5.75 Å². The Balaban J connectivity index is 1.96. The Morgan fingerprint density at radius 3 is 2.76 bits per heavy atom. The van der Waals surface area contributed by atoms with Gasteiger partial charge in [-0.15, -0.1) is 0 Å². The first-order valence-electron chi connectivity index (χ1n) is 6.60. The van der Waals surface area contributed by atoms with Crippen molar-refractivity contribution in [3.8, 4) is 5.75 Å². The number of likely N-dealkylation sites (N-methyl/N-ethyl adjacent to an activating group) is 1. The van der Waals surface area contributed by atoms with Gasteiger partial charge in [0.1, 0.15) is 5.75 Å². The fraction of sp³-hybridized carbons (Fsp3) is 0.333. The molecule has 1 aliphatic rings. The molecule has 1 amide bonds. The van der Waals surface area contributed by atoms with Gasteiger partial charge in [-0.25, -0.2) is 4.79 Å². The van der Waals surface area contributed by atoms with E-state index < -0.39 is 5.97 Å². The van der Waals surface area contributed by atoms with Gasteiger partial charge in [-0.05, 0) is 37.5 Å². The minimum Gasteiger partial charge on any atom is -0.482 e. The van der Waals surface area contributed by atoms with Crippen molar-refractivity contribution in [1.29, 1.82) is 0 Å². The van der Waals surface area contributed by atoms with Crippen LogP contribution in [-0.4, -0.2) is 35.5 Å². The molecule has 0 spiro atoms. The zero-order valence-electron chi connectivity index (χ0n) is 11.6. The second kappa shape index (κ2) is 6.63. The summed E-state index contributed by atoms with van der Waals surface area (Å²) in [6.07, 6.45) is 5.01. The second-order valence-corrected chi connectivity index (χ2v) is 5.19. The molecule has 1 aromatic carbocycles. The molecule has 1 N–H and O–H groups in total. The fourth-order valence-corrected chi connectivity index (χ4v) is 2.34. The summed E-state index contributed by atoms with van der Waals surface area (Å²) in [4.78, 5) is 24.4. The van der Waals surface area contributed by atoms with Crippen molar-refractivity contribution in [2.75, 3.05) is 13.7 Å². The number of carboxylic acids is 1. The molecule has 0 unspecified atom stereocenters. The quantitative estimate of drug-likeness (QED) is 0.908. The van der Waals surface area contributed by atoms with E-state index in [2.05, 4.69) is 0 Å². The van der Waals surface area contributed by atoms with E-state index in [0.717, 1.165) is 25.0 Å². The fourth-order valence-electron chi connectivity index (χ4n) is 2.11. The molecule has 0 bridgehead atoms. The number of aromatic carboxylic acids is 1. The average Bonchev–Trinajstić information content (AvgIpc) is 2.98. The van der Waals surface area contributed by atoms with Crippen LogP contribution >= 0.6 is 11.6 Å². The van der Waals surface area contributed by atoms with Gasteiger partial charge in [0.15, 0.2) is 6.61 Å². The van der Waals surface area contributed by atoms with Crippen LogP contribution in [0.5, 0.6) is 5.75 Å². The van der Waals surface area contributed by atoms with Crippen LogP contribution in [0.4, 0.5) is 0 Å². The number of hydrogen-bond acceptors (Lipinski definition) is 3. The highest BCUT2D eigenvalue weighted by atomic mass is 35.5. The molecule has 0 aliphatic heterocycles.